The molecule has 7 heteroatoms. The first-order valence-electron chi connectivity index (χ1n) is 5.93. The van der Waals surface area contributed by atoms with Gasteiger partial charge in [0.15, 0.2) is 18.2 Å². The summed E-state index contributed by atoms with van der Waals surface area (Å²) in [6.45, 7) is 0.137. The quantitative estimate of drug-likeness (QED) is 0.513. The van der Waals surface area contributed by atoms with Crippen LogP contribution in [0.15, 0.2) is 22.1 Å². The zero-order valence-electron chi connectivity index (χ0n) is 9.73. The molecule has 0 aromatic heterocycles. The van der Waals surface area contributed by atoms with Crippen molar-refractivity contribution in [3.05, 3.63) is 12.2 Å². The molecular weight excluding hydrogens is 234 g/mol. The van der Waals surface area contributed by atoms with Gasteiger partial charge >= 0.3 is 0 Å². The number of aliphatic hydroxyl groups is 1. The van der Waals surface area contributed by atoms with Gasteiger partial charge in [-0.3, -0.25) is 15.1 Å². The van der Waals surface area contributed by atoms with Crippen molar-refractivity contribution < 1.29 is 9.90 Å². The van der Waals surface area contributed by atoms with E-state index in [1.54, 1.807) is 6.34 Å². The molecule has 3 aliphatic rings. The number of nitrogens with zero attached hydrogens (tertiary/aromatic N) is 3. The molecule has 0 bridgehead atoms. The van der Waals surface area contributed by atoms with Gasteiger partial charge in [0.25, 0.3) is 5.91 Å². The number of rotatable bonds is 2. The number of carbonyl (C=O) groups excluding carboxylic acids is 1. The Kier molecular flexibility index (Phi) is 2.55. The Bertz CT molecular complexity index is 458. The third-order valence-electron chi connectivity index (χ3n) is 3.51. The van der Waals surface area contributed by atoms with Gasteiger partial charge in [0.05, 0.1) is 12.4 Å². The van der Waals surface area contributed by atoms with E-state index in [-0.39, 0.29) is 36.6 Å². The van der Waals surface area contributed by atoms with Crippen LogP contribution in [0.3, 0.4) is 0 Å². The maximum Gasteiger partial charge on any atom is 0.255 e. The highest BCUT2D eigenvalue weighted by molar-refractivity contribution is 6.02. The van der Waals surface area contributed by atoms with Gasteiger partial charge in [-0.25, -0.2) is 4.99 Å². The Balaban J connectivity index is 1.79. The van der Waals surface area contributed by atoms with Gasteiger partial charge in [-0.1, -0.05) is 12.2 Å². The van der Waals surface area contributed by atoms with Gasteiger partial charge in [-0.05, 0) is 6.42 Å². The minimum atomic E-state index is -0.515. The van der Waals surface area contributed by atoms with Gasteiger partial charge < -0.3 is 15.7 Å². The maximum atomic E-state index is 11.7. The summed E-state index contributed by atoms with van der Waals surface area (Å²) < 4.78 is 0. The minimum Gasteiger partial charge on any atom is -0.396 e. The molecule has 0 fully saturated rings. The first-order valence-corrected chi connectivity index (χ1v) is 5.93. The van der Waals surface area contributed by atoms with E-state index in [1.807, 2.05) is 17.1 Å². The summed E-state index contributed by atoms with van der Waals surface area (Å²) in [5.41, 5.74) is 5.57. The summed E-state index contributed by atoms with van der Waals surface area (Å²) in [7, 11) is 0. The summed E-state index contributed by atoms with van der Waals surface area (Å²) in [6, 6.07) is -0.401. The van der Waals surface area contributed by atoms with Crippen molar-refractivity contribution in [2.75, 3.05) is 6.61 Å². The Morgan fingerprint density at radius 3 is 3.11 bits per heavy atom. The van der Waals surface area contributed by atoms with E-state index in [2.05, 4.69) is 15.3 Å². The molecule has 18 heavy (non-hydrogen) atoms. The number of fused-ring (bicyclic) bond motifs is 1. The highest BCUT2D eigenvalue weighted by Gasteiger charge is 2.42. The summed E-state index contributed by atoms with van der Waals surface area (Å²) >= 11 is 0. The highest BCUT2D eigenvalue weighted by atomic mass is 16.3. The van der Waals surface area contributed by atoms with Gasteiger partial charge in [0, 0.05) is 12.5 Å². The standard InChI is InChI=1S/C11H15N5O2/c12-11-14-9-8(10(18)15-11)13-5-16(9)7-2-1-6(3-7)4-17/h1-2,5-9,17H,3-4H2,(H3,12,14,15,18)/t6-,7+,8-,9+/m1/s1. The van der Waals surface area contributed by atoms with Crippen molar-refractivity contribution in [3.8, 4) is 0 Å². The second kappa shape index (κ2) is 4.09. The summed E-state index contributed by atoms with van der Waals surface area (Å²) in [4.78, 5) is 22.0. The molecule has 0 saturated heterocycles. The third-order valence-corrected chi connectivity index (χ3v) is 3.51. The predicted octanol–water partition coefficient (Wildman–Crippen LogP) is -1.59. The lowest BCUT2D eigenvalue weighted by atomic mass is 10.1. The van der Waals surface area contributed by atoms with Crippen molar-refractivity contribution in [1.82, 2.24) is 10.2 Å². The topological polar surface area (TPSA) is 103 Å². The van der Waals surface area contributed by atoms with Crippen LogP contribution in [0, 0.1) is 5.92 Å². The molecule has 2 heterocycles. The first-order chi connectivity index (χ1) is 8.69. The molecule has 7 nitrogen and oxygen atoms in total. The van der Waals surface area contributed by atoms with Crippen LogP contribution >= 0.6 is 0 Å². The van der Waals surface area contributed by atoms with E-state index >= 15 is 0 Å². The third kappa shape index (κ3) is 1.67. The molecule has 0 spiro atoms. The van der Waals surface area contributed by atoms with Crippen LogP contribution < -0.4 is 11.1 Å². The van der Waals surface area contributed by atoms with Gasteiger partial charge in [0.2, 0.25) is 0 Å². The van der Waals surface area contributed by atoms with Crippen LogP contribution in [0.4, 0.5) is 0 Å². The Labute approximate surface area is 104 Å². The second-order valence-electron chi connectivity index (χ2n) is 4.70. The van der Waals surface area contributed by atoms with Crippen molar-refractivity contribution >= 4 is 18.2 Å². The van der Waals surface area contributed by atoms with Crippen LogP contribution in [-0.2, 0) is 4.79 Å². The number of hydrogen-bond acceptors (Lipinski definition) is 6. The molecule has 96 valence electrons. The van der Waals surface area contributed by atoms with Gasteiger partial charge in [0.1, 0.15) is 0 Å². The fourth-order valence-electron chi connectivity index (χ4n) is 2.56. The molecule has 0 aromatic rings. The lowest BCUT2D eigenvalue weighted by Gasteiger charge is -2.31. The molecule has 4 N–H and O–H groups in total. The molecular formula is C11H15N5O2. The van der Waals surface area contributed by atoms with Gasteiger partial charge in [-0.15, -0.1) is 0 Å². The molecule has 0 saturated carbocycles. The SMILES string of the molecule is NC1=N[C@@H]2[C@@H](N=CN2[C@H]2C=C[C@@H](CO)C2)C(=O)N1. The van der Waals surface area contributed by atoms with E-state index in [4.69, 9.17) is 10.8 Å². The largest absolute Gasteiger partial charge is 0.396 e. The van der Waals surface area contributed by atoms with E-state index in [9.17, 15) is 4.79 Å². The number of nitrogens with two attached hydrogens (primary N) is 1. The second-order valence-corrected chi connectivity index (χ2v) is 4.70. The van der Waals surface area contributed by atoms with E-state index in [0.29, 0.717) is 0 Å². The van der Waals surface area contributed by atoms with E-state index in [1.165, 1.54) is 0 Å². The van der Waals surface area contributed by atoms with Crippen molar-refractivity contribution in [3.63, 3.8) is 0 Å². The minimum absolute atomic E-state index is 0.114. The fourth-order valence-corrected chi connectivity index (χ4v) is 2.56. The average Bonchev–Trinajstić information content (AvgIpc) is 2.93. The van der Waals surface area contributed by atoms with Gasteiger partial charge in [-0.2, -0.15) is 0 Å². The van der Waals surface area contributed by atoms with Crippen LogP contribution in [0.5, 0.6) is 0 Å². The number of guanidine groups is 1. The van der Waals surface area contributed by atoms with Crippen molar-refractivity contribution in [1.29, 1.82) is 0 Å². The normalized spacial score (nSPS) is 37.7. The van der Waals surface area contributed by atoms with Crippen molar-refractivity contribution in [2.24, 2.45) is 21.6 Å². The van der Waals surface area contributed by atoms with Crippen LogP contribution in [0.2, 0.25) is 0 Å². The number of amides is 1. The highest BCUT2D eigenvalue weighted by Crippen LogP contribution is 2.28. The first kappa shape index (κ1) is 11.2. The lowest BCUT2D eigenvalue weighted by molar-refractivity contribution is -0.122. The van der Waals surface area contributed by atoms with Crippen LogP contribution in [0.25, 0.3) is 0 Å². The summed E-state index contributed by atoms with van der Waals surface area (Å²) in [5.74, 6) is 0.0885. The molecule has 1 aliphatic carbocycles. The molecule has 2 aliphatic heterocycles. The average molecular weight is 249 g/mol. The number of carbonyl (C=O) groups is 1. The zero-order chi connectivity index (χ0) is 12.7. The number of hydrogen-bond donors (Lipinski definition) is 3. The molecule has 1 amide bonds. The summed E-state index contributed by atoms with van der Waals surface area (Å²) in [5, 5.41) is 11.6. The lowest BCUT2D eigenvalue weighted by Crippen LogP contribution is -2.55. The number of aliphatic hydroxyl groups excluding tert-OH is 1. The maximum absolute atomic E-state index is 11.7. The van der Waals surface area contributed by atoms with E-state index < -0.39 is 6.04 Å². The Morgan fingerprint density at radius 1 is 1.56 bits per heavy atom. The molecule has 4 atom stereocenters. The number of nitrogens with one attached hydrogen (secondary N) is 1. The van der Waals surface area contributed by atoms with Crippen LogP contribution in [0.1, 0.15) is 6.42 Å². The molecule has 3 rings (SSSR count). The van der Waals surface area contributed by atoms with Crippen LogP contribution in [-0.4, -0.2) is 53.1 Å². The molecule has 0 radical (unpaired) electrons. The zero-order valence-corrected chi connectivity index (χ0v) is 9.73. The Hall–Kier alpha value is -1.89. The predicted molar refractivity (Wildman–Crippen MR) is 65.8 cm³/mol. The molecule has 0 aromatic carbocycles. The van der Waals surface area contributed by atoms with E-state index in [0.717, 1.165) is 6.42 Å². The molecule has 0 unspecified atom stereocenters. The Morgan fingerprint density at radius 2 is 2.39 bits per heavy atom. The number of aliphatic imine (C=N–C) groups is 2. The smallest absolute Gasteiger partial charge is 0.255 e. The monoisotopic (exact) mass is 249 g/mol. The summed E-state index contributed by atoms with van der Waals surface area (Å²) in [6.07, 6.45) is 6.12. The fraction of sp³-hybridized carbons (Fsp3) is 0.545. The van der Waals surface area contributed by atoms with Crippen molar-refractivity contribution in [2.45, 2.75) is 24.7 Å².